The molecule has 1 aromatic carbocycles. The largest absolute Gasteiger partial charge is 0.393 e. The first-order valence-electron chi connectivity index (χ1n) is 6.70. The summed E-state index contributed by atoms with van der Waals surface area (Å²) in [4.78, 5) is 13.6. The number of carbonyl (C=O) groups excluding carboxylic acids is 1. The van der Waals surface area contributed by atoms with E-state index in [1.165, 1.54) is 6.07 Å². The van der Waals surface area contributed by atoms with Gasteiger partial charge in [-0.3, -0.25) is 4.79 Å². The predicted octanol–water partition coefficient (Wildman–Crippen LogP) is 2.06. The van der Waals surface area contributed by atoms with Crippen molar-refractivity contribution in [3.05, 3.63) is 29.8 Å². The average molecular weight is 302 g/mol. The van der Waals surface area contributed by atoms with Gasteiger partial charge in [-0.2, -0.15) is 13.2 Å². The Balaban J connectivity index is 1.94. The molecule has 1 aromatic rings. The van der Waals surface area contributed by atoms with Crippen LogP contribution in [0.3, 0.4) is 0 Å². The minimum atomic E-state index is -4.27. The van der Waals surface area contributed by atoms with Gasteiger partial charge in [0.15, 0.2) is 0 Å². The second-order valence-corrected chi connectivity index (χ2v) is 4.80. The maximum Gasteiger partial charge on any atom is 0.393 e. The Morgan fingerprint density at radius 1 is 1.24 bits per heavy atom. The van der Waals surface area contributed by atoms with Gasteiger partial charge in [-0.05, 0) is 11.6 Å². The first-order chi connectivity index (χ1) is 9.96. The molecule has 1 heterocycles. The molecule has 1 N–H and O–H groups in total. The van der Waals surface area contributed by atoms with Gasteiger partial charge in [0.2, 0.25) is 5.91 Å². The van der Waals surface area contributed by atoms with Crippen LogP contribution in [0.4, 0.5) is 18.9 Å². The molecule has 0 saturated carbocycles. The van der Waals surface area contributed by atoms with E-state index in [-0.39, 0.29) is 18.0 Å². The molecule has 0 bridgehead atoms. The summed E-state index contributed by atoms with van der Waals surface area (Å²) in [6.07, 6.45) is -5.28. The first kappa shape index (κ1) is 15.6. The number of morpholine rings is 1. The maximum absolute atomic E-state index is 12.5. The summed E-state index contributed by atoms with van der Waals surface area (Å²) >= 11 is 0. The lowest BCUT2D eigenvalue weighted by Gasteiger charge is -2.27. The zero-order chi connectivity index (χ0) is 15.3. The molecule has 0 aromatic heterocycles. The lowest BCUT2D eigenvalue weighted by atomic mass is 10.1. The van der Waals surface area contributed by atoms with E-state index in [0.29, 0.717) is 32.0 Å². The van der Waals surface area contributed by atoms with Crippen molar-refractivity contribution in [2.24, 2.45) is 0 Å². The standard InChI is InChI=1S/C14H17F3N2O2/c15-14(16,17)9-11-3-1-2-4-12(11)18-10-13(20)19-5-7-21-8-6-19/h1-4,18H,5-10H2. The fourth-order valence-corrected chi connectivity index (χ4v) is 2.16. The van der Waals surface area contributed by atoms with Crippen molar-refractivity contribution in [1.29, 1.82) is 0 Å². The van der Waals surface area contributed by atoms with Crippen LogP contribution in [0.1, 0.15) is 5.56 Å². The second kappa shape index (κ2) is 6.80. The van der Waals surface area contributed by atoms with Crippen molar-refractivity contribution < 1.29 is 22.7 Å². The summed E-state index contributed by atoms with van der Waals surface area (Å²) in [5.41, 5.74) is 0.483. The van der Waals surface area contributed by atoms with Gasteiger partial charge in [-0.25, -0.2) is 0 Å². The number of rotatable bonds is 4. The van der Waals surface area contributed by atoms with Crippen LogP contribution in [0, 0.1) is 0 Å². The molecule has 0 radical (unpaired) electrons. The quantitative estimate of drug-likeness (QED) is 0.925. The molecule has 0 aliphatic carbocycles. The number of ether oxygens (including phenoxy) is 1. The van der Waals surface area contributed by atoms with Gasteiger partial charge >= 0.3 is 6.18 Å². The molecular weight excluding hydrogens is 285 g/mol. The van der Waals surface area contributed by atoms with Gasteiger partial charge in [0.05, 0.1) is 26.2 Å². The van der Waals surface area contributed by atoms with E-state index in [1.807, 2.05) is 0 Å². The molecule has 1 fully saturated rings. The molecular formula is C14H17F3N2O2. The number of benzene rings is 1. The molecule has 0 unspecified atom stereocenters. The van der Waals surface area contributed by atoms with E-state index in [2.05, 4.69) is 5.32 Å². The number of nitrogens with zero attached hydrogens (tertiary/aromatic N) is 1. The first-order valence-corrected chi connectivity index (χ1v) is 6.70. The molecule has 0 spiro atoms. The van der Waals surface area contributed by atoms with Crippen molar-refractivity contribution in [2.45, 2.75) is 12.6 Å². The molecule has 2 rings (SSSR count). The third-order valence-corrected chi connectivity index (χ3v) is 3.20. The highest BCUT2D eigenvalue weighted by Gasteiger charge is 2.28. The van der Waals surface area contributed by atoms with Crippen molar-refractivity contribution >= 4 is 11.6 Å². The number of amides is 1. The van der Waals surface area contributed by atoms with E-state index >= 15 is 0 Å². The van der Waals surface area contributed by atoms with E-state index < -0.39 is 12.6 Å². The number of hydrogen-bond acceptors (Lipinski definition) is 3. The van der Waals surface area contributed by atoms with Crippen LogP contribution >= 0.6 is 0 Å². The van der Waals surface area contributed by atoms with Gasteiger partial charge in [-0.15, -0.1) is 0 Å². The zero-order valence-corrected chi connectivity index (χ0v) is 11.4. The summed E-state index contributed by atoms with van der Waals surface area (Å²) < 4.78 is 42.6. The summed E-state index contributed by atoms with van der Waals surface area (Å²) in [7, 11) is 0. The van der Waals surface area contributed by atoms with Crippen molar-refractivity contribution in [3.63, 3.8) is 0 Å². The number of carbonyl (C=O) groups is 1. The summed E-state index contributed by atoms with van der Waals surface area (Å²) in [6.45, 7) is 2.01. The SMILES string of the molecule is O=C(CNc1ccccc1CC(F)(F)F)N1CCOCC1. The van der Waals surface area contributed by atoms with Gasteiger partial charge in [0, 0.05) is 18.8 Å². The van der Waals surface area contributed by atoms with Crippen LogP contribution in [0.25, 0.3) is 0 Å². The molecule has 1 aliphatic heterocycles. The minimum Gasteiger partial charge on any atom is -0.378 e. The van der Waals surface area contributed by atoms with Crippen LogP contribution in [0.15, 0.2) is 24.3 Å². The number of anilines is 1. The second-order valence-electron chi connectivity index (χ2n) is 4.80. The highest BCUT2D eigenvalue weighted by atomic mass is 19.4. The van der Waals surface area contributed by atoms with Gasteiger partial charge < -0.3 is 15.0 Å². The van der Waals surface area contributed by atoms with Crippen LogP contribution in [0.5, 0.6) is 0 Å². The number of halogens is 3. The van der Waals surface area contributed by atoms with Crippen molar-refractivity contribution in [2.75, 3.05) is 38.2 Å². The number of hydrogen-bond donors (Lipinski definition) is 1. The monoisotopic (exact) mass is 302 g/mol. The molecule has 21 heavy (non-hydrogen) atoms. The average Bonchev–Trinajstić information content (AvgIpc) is 2.45. The van der Waals surface area contributed by atoms with Crippen LogP contribution < -0.4 is 5.32 Å². The Morgan fingerprint density at radius 3 is 2.57 bits per heavy atom. The lowest BCUT2D eigenvalue weighted by molar-refractivity contribution is -0.133. The van der Waals surface area contributed by atoms with E-state index in [9.17, 15) is 18.0 Å². The summed E-state index contributed by atoms with van der Waals surface area (Å²) in [5, 5.41) is 2.80. The predicted molar refractivity (Wildman–Crippen MR) is 72.1 cm³/mol. The topological polar surface area (TPSA) is 41.6 Å². The Kier molecular flexibility index (Phi) is 5.06. The van der Waals surface area contributed by atoms with Gasteiger partial charge in [-0.1, -0.05) is 18.2 Å². The summed E-state index contributed by atoms with van der Waals surface area (Å²) in [6, 6.07) is 6.15. The molecule has 1 amide bonds. The fraction of sp³-hybridized carbons (Fsp3) is 0.500. The van der Waals surface area contributed by atoms with Gasteiger partial charge in [0.25, 0.3) is 0 Å². The van der Waals surface area contributed by atoms with Crippen LogP contribution in [-0.4, -0.2) is 49.8 Å². The molecule has 116 valence electrons. The highest BCUT2D eigenvalue weighted by Crippen LogP contribution is 2.25. The van der Waals surface area contributed by atoms with Crippen LogP contribution in [0.2, 0.25) is 0 Å². The number of para-hydroxylation sites is 1. The molecule has 1 saturated heterocycles. The third-order valence-electron chi connectivity index (χ3n) is 3.20. The van der Waals surface area contributed by atoms with Crippen molar-refractivity contribution in [3.8, 4) is 0 Å². The number of nitrogens with one attached hydrogen (secondary N) is 1. The summed E-state index contributed by atoms with van der Waals surface area (Å²) in [5.74, 6) is -0.139. The molecule has 0 atom stereocenters. The number of alkyl halides is 3. The fourth-order valence-electron chi connectivity index (χ4n) is 2.16. The smallest absolute Gasteiger partial charge is 0.378 e. The Labute approximate surface area is 120 Å². The normalized spacial score (nSPS) is 15.9. The highest BCUT2D eigenvalue weighted by molar-refractivity contribution is 5.81. The Hall–Kier alpha value is -1.76. The molecule has 7 heteroatoms. The van der Waals surface area contributed by atoms with E-state index in [0.717, 1.165) is 0 Å². The Bertz CT molecular complexity index is 485. The van der Waals surface area contributed by atoms with Gasteiger partial charge in [0.1, 0.15) is 0 Å². The Morgan fingerprint density at radius 2 is 1.90 bits per heavy atom. The molecule has 1 aliphatic rings. The van der Waals surface area contributed by atoms with Crippen LogP contribution in [-0.2, 0) is 16.0 Å². The lowest BCUT2D eigenvalue weighted by Crippen LogP contribution is -2.43. The zero-order valence-electron chi connectivity index (χ0n) is 11.4. The third kappa shape index (κ3) is 4.93. The minimum absolute atomic E-state index is 0.0190. The maximum atomic E-state index is 12.5. The van der Waals surface area contributed by atoms with E-state index in [1.54, 1.807) is 23.1 Å². The molecule has 4 nitrogen and oxygen atoms in total. The van der Waals surface area contributed by atoms with Crippen molar-refractivity contribution in [1.82, 2.24) is 4.90 Å². The van der Waals surface area contributed by atoms with E-state index in [4.69, 9.17) is 4.74 Å².